The van der Waals surface area contributed by atoms with Crippen LogP contribution in [-0.2, 0) is 4.79 Å². The third-order valence-electron chi connectivity index (χ3n) is 4.92. The maximum absolute atomic E-state index is 12.7. The maximum Gasteiger partial charge on any atom is 0.491 e. The molecule has 0 aliphatic carbocycles. The van der Waals surface area contributed by atoms with Gasteiger partial charge in [0, 0.05) is 30.4 Å². The van der Waals surface area contributed by atoms with Crippen LogP contribution in [0.4, 0.5) is 18.9 Å². The van der Waals surface area contributed by atoms with Crippen molar-refractivity contribution in [3.63, 3.8) is 0 Å². The first-order valence-electron chi connectivity index (χ1n) is 10.2. The van der Waals surface area contributed by atoms with Crippen LogP contribution >= 0.6 is 0 Å². The van der Waals surface area contributed by atoms with Crippen molar-refractivity contribution in [1.29, 1.82) is 5.41 Å². The Morgan fingerprint density at radius 1 is 1.12 bits per heavy atom. The molecule has 0 spiro atoms. The zero-order chi connectivity index (χ0) is 24.0. The van der Waals surface area contributed by atoms with Crippen molar-refractivity contribution in [2.75, 3.05) is 31.1 Å². The third kappa shape index (κ3) is 6.37. The minimum atomic E-state index is -5.19. The lowest BCUT2D eigenvalue weighted by Crippen LogP contribution is -2.31. The molecule has 33 heavy (non-hydrogen) atoms. The van der Waals surface area contributed by atoms with Gasteiger partial charge < -0.3 is 25.4 Å². The number of rotatable bonds is 8. The Balaban J connectivity index is 1.67. The minimum Gasteiger partial charge on any atom is -0.492 e. The summed E-state index contributed by atoms with van der Waals surface area (Å²) in [6, 6.07) is 10.7. The predicted octanol–water partition coefficient (Wildman–Crippen LogP) is 2.85. The van der Waals surface area contributed by atoms with E-state index in [1.54, 1.807) is 30.3 Å². The van der Waals surface area contributed by atoms with Gasteiger partial charge in [-0.15, -0.1) is 0 Å². The Morgan fingerprint density at radius 3 is 2.52 bits per heavy atom. The minimum absolute atomic E-state index is 0.0314. The number of benzene rings is 2. The van der Waals surface area contributed by atoms with Gasteiger partial charge in [0.05, 0.1) is 12.1 Å². The molecule has 1 saturated heterocycles. The summed E-state index contributed by atoms with van der Waals surface area (Å²) in [5.74, 6) is -3.26. The smallest absolute Gasteiger partial charge is 0.491 e. The fourth-order valence-corrected chi connectivity index (χ4v) is 3.29. The number of anilines is 1. The molecule has 4 N–H and O–H groups in total. The molecule has 1 heterocycles. The van der Waals surface area contributed by atoms with Gasteiger partial charge in [-0.3, -0.25) is 10.2 Å². The molecule has 8 nitrogen and oxygen atoms in total. The molecule has 11 heteroatoms. The van der Waals surface area contributed by atoms with Crippen LogP contribution in [0, 0.1) is 5.41 Å². The second kappa shape index (κ2) is 10.2. The van der Waals surface area contributed by atoms with Gasteiger partial charge >= 0.3 is 12.1 Å². The van der Waals surface area contributed by atoms with Crippen LogP contribution in [0.2, 0.25) is 0 Å². The Kier molecular flexibility index (Phi) is 7.41. The third-order valence-corrected chi connectivity index (χ3v) is 4.92. The van der Waals surface area contributed by atoms with Crippen molar-refractivity contribution in [3.05, 3.63) is 53.6 Å². The van der Waals surface area contributed by atoms with E-state index in [9.17, 15) is 22.8 Å². The number of nitrogens with zero attached hydrogens (tertiary/aromatic N) is 1. The van der Waals surface area contributed by atoms with Gasteiger partial charge in [-0.25, -0.2) is 4.79 Å². The van der Waals surface area contributed by atoms with Crippen LogP contribution in [0.1, 0.15) is 28.8 Å². The summed E-state index contributed by atoms with van der Waals surface area (Å²) >= 11 is 0. The molecule has 1 amide bonds. The van der Waals surface area contributed by atoms with E-state index < -0.39 is 23.8 Å². The van der Waals surface area contributed by atoms with E-state index in [4.69, 9.17) is 15.9 Å². The monoisotopic (exact) mass is 464 g/mol. The molecule has 0 atom stereocenters. The van der Waals surface area contributed by atoms with E-state index in [1.807, 2.05) is 4.90 Å². The summed E-state index contributed by atoms with van der Waals surface area (Å²) in [7, 11) is 0. The molecule has 176 valence electrons. The molecule has 1 fully saturated rings. The van der Waals surface area contributed by atoms with Crippen molar-refractivity contribution in [3.8, 4) is 11.5 Å². The second-order valence-corrected chi connectivity index (χ2v) is 7.31. The van der Waals surface area contributed by atoms with Crippen molar-refractivity contribution in [2.45, 2.75) is 19.0 Å². The number of hydrogen-bond donors (Lipinski definition) is 3. The zero-order valence-corrected chi connectivity index (χ0v) is 17.6. The van der Waals surface area contributed by atoms with Crippen LogP contribution in [0.3, 0.4) is 0 Å². The van der Waals surface area contributed by atoms with Gasteiger partial charge in [-0.1, -0.05) is 12.1 Å². The number of halogens is 3. The van der Waals surface area contributed by atoms with Gasteiger partial charge in [-0.2, -0.15) is 13.2 Å². The normalized spacial score (nSPS) is 13.5. The van der Waals surface area contributed by atoms with E-state index in [1.165, 1.54) is 12.1 Å². The highest BCUT2D eigenvalue weighted by atomic mass is 19.4. The van der Waals surface area contributed by atoms with Crippen molar-refractivity contribution >= 4 is 23.4 Å². The van der Waals surface area contributed by atoms with Crippen LogP contribution in [0.5, 0.6) is 11.5 Å². The fraction of sp³-hybridized carbons (Fsp3) is 0.318. The van der Waals surface area contributed by atoms with Crippen molar-refractivity contribution < 1.29 is 32.2 Å². The number of hydrogen-bond acceptors (Lipinski definition) is 6. The standard InChI is InChI=1S/C22H23F3N4O4/c23-22(24,25)21(31)33-18-13-15(29-9-1-2-10-29)6-7-17(18)20(30)28-8-11-32-16-5-3-4-14(12-16)19(26)27/h3-7,12-13H,1-2,8-11H2,(H3,26,27)(H,28,30). The lowest BCUT2D eigenvalue weighted by Gasteiger charge is -2.20. The quantitative estimate of drug-likeness (QED) is 0.182. The van der Waals surface area contributed by atoms with Gasteiger partial charge in [0.15, 0.2) is 0 Å². The van der Waals surface area contributed by atoms with Crippen molar-refractivity contribution in [1.82, 2.24) is 5.32 Å². The van der Waals surface area contributed by atoms with E-state index in [2.05, 4.69) is 10.1 Å². The first kappa shape index (κ1) is 23.9. The number of amidine groups is 1. The molecule has 2 aromatic rings. The fourth-order valence-electron chi connectivity index (χ4n) is 3.29. The lowest BCUT2D eigenvalue weighted by molar-refractivity contribution is -0.189. The number of esters is 1. The average Bonchev–Trinajstić information content (AvgIpc) is 3.31. The Labute approximate surface area is 188 Å². The molecule has 3 rings (SSSR count). The zero-order valence-electron chi connectivity index (χ0n) is 17.6. The van der Waals surface area contributed by atoms with E-state index in [0.29, 0.717) is 17.0 Å². The number of nitrogens with two attached hydrogens (primary N) is 1. The number of carbonyl (C=O) groups excluding carboxylic acids is 2. The molecule has 2 aromatic carbocycles. The number of carbonyl (C=O) groups is 2. The van der Waals surface area contributed by atoms with E-state index in [0.717, 1.165) is 25.9 Å². The maximum atomic E-state index is 12.7. The highest BCUT2D eigenvalue weighted by molar-refractivity contribution is 5.98. The summed E-state index contributed by atoms with van der Waals surface area (Å²) in [6.07, 6.45) is -3.32. The topological polar surface area (TPSA) is 118 Å². The molecule has 0 bridgehead atoms. The molecule has 0 saturated carbocycles. The Morgan fingerprint density at radius 2 is 1.85 bits per heavy atom. The number of nitrogens with one attached hydrogen (secondary N) is 2. The second-order valence-electron chi connectivity index (χ2n) is 7.31. The largest absolute Gasteiger partial charge is 0.492 e. The Bertz CT molecular complexity index is 1040. The van der Waals surface area contributed by atoms with Gasteiger partial charge in [0.1, 0.15) is 23.9 Å². The van der Waals surface area contributed by atoms with Crippen LogP contribution in [0.15, 0.2) is 42.5 Å². The summed E-state index contributed by atoms with van der Waals surface area (Å²) in [4.78, 5) is 25.9. The van der Waals surface area contributed by atoms with Crippen LogP contribution < -0.4 is 25.4 Å². The molecule has 0 unspecified atom stereocenters. The van der Waals surface area contributed by atoms with Gasteiger partial charge in [0.25, 0.3) is 5.91 Å². The van der Waals surface area contributed by atoms with Crippen LogP contribution in [-0.4, -0.2) is 50.1 Å². The van der Waals surface area contributed by atoms with E-state index >= 15 is 0 Å². The highest BCUT2D eigenvalue weighted by Crippen LogP contribution is 2.30. The first-order valence-corrected chi connectivity index (χ1v) is 10.2. The molecular weight excluding hydrogens is 441 g/mol. The van der Waals surface area contributed by atoms with Crippen molar-refractivity contribution in [2.24, 2.45) is 5.73 Å². The van der Waals surface area contributed by atoms with E-state index in [-0.39, 0.29) is 24.6 Å². The number of ether oxygens (including phenoxy) is 2. The average molecular weight is 464 g/mol. The predicted molar refractivity (Wildman–Crippen MR) is 115 cm³/mol. The highest BCUT2D eigenvalue weighted by Gasteiger charge is 2.42. The number of amides is 1. The van der Waals surface area contributed by atoms with Crippen LogP contribution in [0.25, 0.3) is 0 Å². The SMILES string of the molecule is N=C(N)c1cccc(OCCNC(=O)c2ccc(N3CCCC3)cc2OC(=O)C(F)(F)F)c1. The number of alkyl halides is 3. The molecule has 1 aliphatic rings. The molecule has 0 aromatic heterocycles. The summed E-state index contributed by atoms with van der Waals surface area (Å²) in [5.41, 5.74) is 6.28. The molecule has 1 aliphatic heterocycles. The lowest BCUT2D eigenvalue weighted by atomic mass is 10.1. The molecule has 0 radical (unpaired) electrons. The Hall–Kier alpha value is -3.76. The summed E-state index contributed by atoms with van der Waals surface area (Å²) in [6.45, 7) is 1.53. The summed E-state index contributed by atoms with van der Waals surface area (Å²) < 4.78 is 48.2. The first-order chi connectivity index (χ1) is 15.6. The number of nitrogen functional groups attached to an aromatic ring is 1. The van der Waals surface area contributed by atoms with Gasteiger partial charge in [0.2, 0.25) is 0 Å². The summed E-state index contributed by atoms with van der Waals surface area (Å²) in [5, 5.41) is 9.96. The molecular formula is C22H23F3N4O4. The van der Waals surface area contributed by atoms with Gasteiger partial charge in [-0.05, 0) is 37.1 Å².